The average Bonchev–Trinajstić information content (AvgIpc) is 3.18. The van der Waals surface area contributed by atoms with E-state index < -0.39 is 15.3 Å². The van der Waals surface area contributed by atoms with Crippen LogP contribution in [0, 0.1) is 0 Å². The molecule has 2 amide bonds. The number of amidine groups is 1. The van der Waals surface area contributed by atoms with Crippen molar-refractivity contribution < 1.29 is 27.5 Å². The lowest BCUT2D eigenvalue weighted by molar-refractivity contribution is -0.128. The molecular formula is C26H30N4O6S2. The number of carbonyl (C=O) groups is 3. The number of morpholine rings is 1. The molecule has 0 aromatic heterocycles. The third-order valence-electron chi connectivity index (χ3n) is 6.08. The molecule has 2 saturated heterocycles. The number of carbonyl (C=O) groups excluding carboxylic acids is 3. The molecule has 0 saturated carbocycles. The van der Waals surface area contributed by atoms with Crippen LogP contribution < -0.4 is 5.32 Å². The van der Waals surface area contributed by atoms with Crippen LogP contribution in [0.15, 0.2) is 58.4 Å². The van der Waals surface area contributed by atoms with Gasteiger partial charge < -0.3 is 10.1 Å². The van der Waals surface area contributed by atoms with Crippen LogP contribution in [0.2, 0.25) is 0 Å². The summed E-state index contributed by atoms with van der Waals surface area (Å²) in [5.41, 5.74) is 1.60. The number of aliphatic imine (C=N–C) groups is 1. The lowest BCUT2D eigenvalue weighted by Gasteiger charge is -2.26. The van der Waals surface area contributed by atoms with Gasteiger partial charge in [-0.2, -0.15) is 4.31 Å². The summed E-state index contributed by atoms with van der Waals surface area (Å²) in [6, 6.07) is 12.8. The van der Waals surface area contributed by atoms with Gasteiger partial charge in [-0.05, 0) is 61.9 Å². The molecule has 10 nitrogen and oxygen atoms in total. The molecule has 0 aliphatic carbocycles. The van der Waals surface area contributed by atoms with E-state index in [1.807, 2.05) is 6.92 Å². The standard InChI is InChI=1S/C26H30N4O6S2/c1-3-12-30-25(33)23(17-24(32)27-20-6-4-19(5-7-20)18(2)31)37-26(30)28-21-8-10-22(11-9-21)38(34,35)29-13-15-36-16-14-29/h4-11,23H,3,12-17H2,1-2H3,(H,27,32)/t23-/m1/s1. The number of benzene rings is 2. The molecule has 38 heavy (non-hydrogen) atoms. The normalized spacial score (nSPS) is 19.6. The van der Waals surface area contributed by atoms with Crippen LogP contribution in [0.4, 0.5) is 11.4 Å². The molecule has 202 valence electrons. The summed E-state index contributed by atoms with van der Waals surface area (Å²) in [7, 11) is -3.62. The Morgan fingerprint density at radius 1 is 1.08 bits per heavy atom. The maximum absolute atomic E-state index is 13.1. The summed E-state index contributed by atoms with van der Waals surface area (Å²) >= 11 is 1.22. The van der Waals surface area contributed by atoms with E-state index >= 15 is 0 Å². The van der Waals surface area contributed by atoms with Crippen molar-refractivity contribution in [3.05, 3.63) is 54.1 Å². The topological polar surface area (TPSA) is 125 Å². The molecule has 1 N–H and O–H groups in total. The number of thioether (sulfide) groups is 1. The van der Waals surface area contributed by atoms with Gasteiger partial charge in [0.15, 0.2) is 11.0 Å². The molecule has 2 aromatic rings. The van der Waals surface area contributed by atoms with Crippen molar-refractivity contribution in [2.75, 3.05) is 38.2 Å². The largest absolute Gasteiger partial charge is 0.379 e. The van der Waals surface area contributed by atoms with E-state index in [0.717, 1.165) is 0 Å². The third-order valence-corrected chi connectivity index (χ3v) is 9.17. The highest BCUT2D eigenvalue weighted by atomic mass is 32.2. The number of hydrogen-bond acceptors (Lipinski definition) is 8. The van der Waals surface area contributed by atoms with E-state index in [1.54, 1.807) is 41.3 Å². The van der Waals surface area contributed by atoms with Crippen molar-refractivity contribution in [2.45, 2.75) is 36.8 Å². The molecule has 1 atom stereocenters. The lowest BCUT2D eigenvalue weighted by atomic mass is 10.1. The van der Waals surface area contributed by atoms with Crippen LogP contribution in [0.1, 0.15) is 37.0 Å². The molecule has 2 fully saturated rings. The van der Waals surface area contributed by atoms with Gasteiger partial charge in [0.2, 0.25) is 21.8 Å². The number of nitrogens with one attached hydrogen (secondary N) is 1. The van der Waals surface area contributed by atoms with Crippen molar-refractivity contribution in [1.82, 2.24) is 9.21 Å². The fraction of sp³-hybridized carbons (Fsp3) is 0.385. The first-order valence-corrected chi connectivity index (χ1v) is 14.7. The Morgan fingerprint density at radius 3 is 2.34 bits per heavy atom. The zero-order valence-corrected chi connectivity index (χ0v) is 22.9. The quantitative estimate of drug-likeness (QED) is 0.468. The zero-order chi connectivity index (χ0) is 27.3. The monoisotopic (exact) mass is 558 g/mol. The van der Waals surface area contributed by atoms with Crippen LogP contribution in [-0.2, 0) is 24.3 Å². The van der Waals surface area contributed by atoms with Crippen LogP contribution in [0.3, 0.4) is 0 Å². The Hall–Kier alpha value is -3.06. The summed E-state index contributed by atoms with van der Waals surface area (Å²) in [5, 5.41) is 2.62. The molecule has 0 bridgehead atoms. The fourth-order valence-electron chi connectivity index (χ4n) is 4.06. The van der Waals surface area contributed by atoms with Crippen molar-refractivity contribution in [2.24, 2.45) is 4.99 Å². The minimum Gasteiger partial charge on any atom is -0.379 e. The van der Waals surface area contributed by atoms with Gasteiger partial charge in [-0.3, -0.25) is 19.3 Å². The van der Waals surface area contributed by atoms with Gasteiger partial charge in [0.05, 0.1) is 23.8 Å². The molecule has 0 radical (unpaired) electrons. The summed E-state index contributed by atoms with van der Waals surface area (Å²) in [6.45, 7) is 5.25. The number of Topliss-reactive ketones (excluding diaryl/α,β-unsaturated/α-hetero) is 1. The van der Waals surface area contributed by atoms with Crippen molar-refractivity contribution >= 4 is 55.9 Å². The molecule has 4 rings (SSSR count). The molecule has 2 aliphatic heterocycles. The summed E-state index contributed by atoms with van der Waals surface area (Å²) in [5.74, 6) is -0.571. The first-order chi connectivity index (χ1) is 18.2. The maximum atomic E-state index is 13.1. The highest BCUT2D eigenvalue weighted by Crippen LogP contribution is 2.32. The smallest absolute Gasteiger partial charge is 0.243 e. The minimum atomic E-state index is -3.62. The van der Waals surface area contributed by atoms with Gasteiger partial charge in [-0.25, -0.2) is 13.4 Å². The minimum absolute atomic E-state index is 0.0338. The second-order valence-electron chi connectivity index (χ2n) is 8.89. The Labute approximate surface area is 226 Å². The van der Waals surface area contributed by atoms with Gasteiger partial charge in [-0.1, -0.05) is 18.7 Å². The molecule has 2 heterocycles. The third kappa shape index (κ3) is 6.49. The summed E-state index contributed by atoms with van der Waals surface area (Å²) in [4.78, 5) is 43.5. The molecule has 12 heteroatoms. The molecule has 2 aliphatic rings. The van der Waals surface area contributed by atoms with Gasteiger partial charge in [0.25, 0.3) is 0 Å². The van der Waals surface area contributed by atoms with Gasteiger partial charge in [0, 0.05) is 37.3 Å². The Morgan fingerprint density at radius 2 is 1.74 bits per heavy atom. The number of hydrogen-bond donors (Lipinski definition) is 1. The number of amides is 2. The fourth-order valence-corrected chi connectivity index (χ4v) is 6.65. The van der Waals surface area contributed by atoms with Crippen molar-refractivity contribution in [1.29, 1.82) is 0 Å². The summed E-state index contributed by atoms with van der Waals surface area (Å²) in [6.07, 6.45) is 0.678. The number of anilines is 1. The first-order valence-electron chi connectivity index (χ1n) is 12.3. The van der Waals surface area contributed by atoms with Gasteiger partial charge in [0.1, 0.15) is 5.25 Å². The number of ketones is 1. The Bertz CT molecular complexity index is 1320. The van der Waals surface area contributed by atoms with Crippen LogP contribution in [-0.4, -0.2) is 78.5 Å². The molecule has 0 unspecified atom stereocenters. The lowest BCUT2D eigenvalue weighted by Crippen LogP contribution is -2.40. The Kier molecular flexibility index (Phi) is 8.98. The van der Waals surface area contributed by atoms with Gasteiger partial charge in [-0.15, -0.1) is 0 Å². The van der Waals surface area contributed by atoms with Crippen LogP contribution >= 0.6 is 11.8 Å². The highest BCUT2D eigenvalue weighted by Gasteiger charge is 2.38. The van der Waals surface area contributed by atoms with E-state index in [0.29, 0.717) is 61.4 Å². The van der Waals surface area contributed by atoms with Crippen molar-refractivity contribution in [3.63, 3.8) is 0 Å². The first kappa shape index (κ1) is 28.0. The van der Waals surface area contributed by atoms with Crippen LogP contribution in [0.5, 0.6) is 0 Å². The van der Waals surface area contributed by atoms with Crippen molar-refractivity contribution in [3.8, 4) is 0 Å². The van der Waals surface area contributed by atoms with E-state index in [4.69, 9.17) is 4.74 Å². The number of nitrogens with zero attached hydrogens (tertiary/aromatic N) is 3. The van der Waals surface area contributed by atoms with E-state index in [-0.39, 0.29) is 28.9 Å². The molecule has 2 aromatic carbocycles. The second-order valence-corrected chi connectivity index (χ2v) is 12.0. The van der Waals surface area contributed by atoms with Gasteiger partial charge >= 0.3 is 0 Å². The van der Waals surface area contributed by atoms with E-state index in [1.165, 1.54) is 35.1 Å². The molecule has 0 spiro atoms. The predicted octanol–water partition coefficient (Wildman–Crippen LogP) is 3.28. The average molecular weight is 559 g/mol. The number of ether oxygens (including phenoxy) is 1. The Balaban J connectivity index is 1.45. The maximum Gasteiger partial charge on any atom is 0.243 e. The van der Waals surface area contributed by atoms with E-state index in [2.05, 4.69) is 10.3 Å². The number of sulfonamides is 1. The molecular weight excluding hydrogens is 528 g/mol. The van der Waals surface area contributed by atoms with E-state index in [9.17, 15) is 22.8 Å². The second kappa shape index (κ2) is 12.2. The highest BCUT2D eigenvalue weighted by molar-refractivity contribution is 8.15. The predicted molar refractivity (Wildman–Crippen MR) is 146 cm³/mol. The SMILES string of the molecule is CCCN1C(=O)[C@@H](CC(=O)Nc2ccc(C(C)=O)cc2)SC1=Nc1ccc(S(=O)(=O)N2CCOCC2)cc1. The van der Waals surface area contributed by atoms with Crippen LogP contribution in [0.25, 0.3) is 0 Å². The zero-order valence-electron chi connectivity index (χ0n) is 21.3. The summed E-state index contributed by atoms with van der Waals surface area (Å²) < 4.78 is 32.4. The number of rotatable bonds is 9.